The maximum atomic E-state index is 12.7. The molecule has 2 aromatic rings. The standard InChI is InChI=1S/C26H32N4O5/c1-26(2,3)35-25(34)28-15-22(31)29-21-11-7-10-19(12-21)14-27-24(33)20-13-23(32)30(17-20)16-18-8-5-4-6-9-18/h4-12,20H,13-17H2,1-3H3,(H,27,33)(H,28,34)(H,29,31). The molecule has 186 valence electrons. The summed E-state index contributed by atoms with van der Waals surface area (Å²) in [4.78, 5) is 50.5. The summed E-state index contributed by atoms with van der Waals surface area (Å²) in [6.45, 7) is 6.13. The molecule has 0 bridgehead atoms. The van der Waals surface area contributed by atoms with Crippen LogP contribution in [-0.2, 0) is 32.2 Å². The molecule has 0 aromatic heterocycles. The Hall–Kier alpha value is -3.88. The second kappa shape index (κ2) is 11.5. The third kappa shape index (κ3) is 8.44. The molecular weight excluding hydrogens is 448 g/mol. The van der Waals surface area contributed by atoms with Gasteiger partial charge in [0.2, 0.25) is 17.7 Å². The van der Waals surface area contributed by atoms with Gasteiger partial charge in [-0.1, -0.05) is 42.5 Å². The third-order valence-electron chi connectivity index (χ3n) is 5.27. The number of rotatable bonds is 8. The van der Waals surface area contributed by atoms with Crippen LogP contribution in [-0.4, -0.2) is 47.4 Å². The molecule has 0 spiro atoms. The first-order valence-corrected chi connectivity index (χ1v) is 11.5. The van der Waals surface area contributed by atoms with Crippen molar-refractivity contribution in [3.8, 4) is 0 Å². The van der Waals surface area contributed by atoms with E-state index in [0.29, 0.717) is 18.8 Å². The smallest absolute Gasteiger partial charge is 0.408 e. The molecule has 1 fully saturated rings. The Morgan fingerprint density at radius 2 is 1.71 bits per heavy atom. The number of ether oxygens (including phenoxy) is 1. The van der Waals surface area contributed by atoms with E-state index in [0.717, 1.165) is 11.1 Å². The van der Waals surface area contributed by atoms with Crippen LogP contribution in [0, 0.1) is 5.92 Å². The van der Waals surface area contributed by atoms with Crippen molar-refractivity contribution in [3.63, 3.8) is 0 Å². The monoisotopic (exact) mass is 480 g/mol. The first kappa shape index (κ1) is 25.7. The van der Waals surface area contributed by atoms with Crippen molar-refractivity contribution in [2.24, 2.45) is 5.92 Å². The number of hydrogen-bond donors (Lipinski definition) is 3. The van der Waals surface area contributed by atoms with Gasteiger partial charge < -0.3 is 25.6 Å². The molecule has 1 aliphatic rings. The average Bonchev–Trinajstić information content (AvgIpc) is 3.16. The highest BCUT2D eigenvalue weighted by Gasteiger charge is 2.34. The molecule has 3 rings (SSSR count). The van der Waals surface area contributed by atoms with Crippen molar-refractivity contribution in [3.05, 3.63) is 65.7 Å². The molecule has 1 heterocycles. The van der Waals surface area contributed by atoms with Crippen molar-refractivity contribution < 1.29 is 23.9 Å². The predicted octanol–water partition coefficient (Wildman–Crippen LogP) is 2.81. The fourth-order valence-corrected chi connectivity index (χ4v) is 3.67. The molecule has 9 heteroatoms. The van der Waals surface area contributed by atoms with Gasteiger partial charge in [-0.15, -0.1) is 0 Å². The zero-order valence-corrected chi connectivity index (χ0v) is 20.3. The average molecular weight is 481 g/mol. The quantitative estimate of drug-likeness (QED) is 0.537. The molecule has 1 atom stereocenters. The maximum absolute atomic E-state index is 12.7. The van der Waals surface area contributed by atoms with Crippen LogP contribution in [0.15, 0.2) is 54.6 Å². The lowest BCUT2D eigenvalue weighted by Crippen LogP contribution is -2.37. The van der Waals surface area contributed by atoms with Crippen LogP contribution in [0.3, 0.4) is 0 Å². The van der Waals surface area contributed by atoms with E-state index in [1.165, 1.54) is 0 Å². The third-order valence-corrected chi connectivity index (χ3v) is 5.27. The van der Waals surface area contributed by atoms with Crippen LogP contribution in [0.1, 0.15) is 38.3 Å². The van der Waals surface area contributed by atoms with Gasteiger partial charge in [0, 0.05) is 31.7 Å². The SMILES string of the molecule is CC(C)(C)OC(=O)NCC(=O)Nc1cccc(CNC(=O)C2CC(=O)N(Cc3ccccc3)C2)c1. The molecule has 1 saturated heterocycles. The van der Waals surface area contributed by atoms with Gasteiger partial charge in [0.1, 0.15) is 12.1 Å². The van der Waals surface area contributed by atoms with E-state index in [-0.39, 0.29) is 31.3 Å². The largest absolute Gasteiger partial charge is 0.444 e. The molecule has 3 N–H and O–H groups in total. The summed E-state index contributed by atoms with van der Waals surface area (Å²) < 4.78 is 5.10. The second-order valence-corrected chi connectivity index (χ2v) is 9.48. The van der Waals surface area contributed by atoms with Crippen molar-refractivity contribution >= 4 is 29.5 Å². The number of hydrogen-bond acceptors (Lipinski definition) is 5. The van der Waals surface area contributed by atoms with Crippen molar-refractivity contribution in [2.75, 3.05) is 18.4 Å². The van der Waals surface area contributed by atoms with E-state index < -0.39 is 23.5 Å². The number of carbonyl (C=O) groups excluding carboxylic acids is 4. The molecule has 1 aliphatic heterocycles. The van der Waals surface area contributed by atoms with E-state index in [1.807, 2.05) is 36.4 Å². The van der Waals surface area contributed by atoms with Gasteiger partial charge in [-0.2, -0.15) is 0 Å². The number of nitrogens with one attached hydrogen (secondary N) is 3. The Labute approximate surface area is 205 Å². The lowest BCUT2D eigenvalue weighted by atomic mass is 10.1. The van der Waals surface area contributed by atoms with Crippen LogP contribution in [0.25, 0.3) is 0 Å². The summed E-state index contributed by atoms with van der Waals surface area (Å²) in [6, 6.07) is 16.7. The van der Waals surface area contributed by atoms with Crippen LogP contribution in [0.4, 0.5) is 10.5 Å². The number of amides is 4. The van der Waals surface area contributed by atoms with Crippen LogP contribution in [0.2, 0.25) is 0 Å². The summed E-state index contributed by atoms with van der Waals surface area (Å²) in [7, 11) is 0. The van der Waals surface area contributed by atoms with Gasteiger partial charge in [0.25, 0.3) is 0 Å². The van der Waals surface area contributed by atoms with Gasteiger partial charge >= 0.3 is 6.09 Å². The summed E-state index contributed by atoms with van der Waals surface area (Å²) in [5.74, 6) is -1.00. The Balaban J connectivity index is 1.45. The van der Waals surface area contributed by atoms with E-state index in [2.05, 4.69) is 16.0 Å². The Morgan fingerprint density at radius 1 is 1.00 bits per heavy atom. The van der Waals surface area contributed by atoms with Gasteiger partial charge in [-0.3, -0.25) is 14.4 Å². The fourth-order valence-electron chi connectivity index (χ4n) is 3.67. The first-order valence-electron chi connectivity index (χ1n) is 11.5. The number of anilines is 1. The van der Waals surface area contributed by atoms with E-state index in [9.17, 15) is 19.2 Å². The molecule has 2 aromatic carbocycles. The highest BCUT2D eigenvalue weighted by molar-refractivity contribution is 5.94. The van der Waals surface area contributed by atoms with Crippen LogP contribution >= 0.6 is 0 Å². The number of nitrogens with zero attached hydrogens (tertiary/aromatic N) is 1. The Kier molecular flexibility index (Phi) is 8.46. The summed E-state index contributed by atoms with van der Waals surface area (Å²) in [5.41, 5.74) is 1.72. The van der Waals surface area contributed by atoms with Gasteiger partial charge in [0.15, 0.2) is 0 Å². The summed E-state index contributed by atoms with van der Waals surface area (Å²) >= 11 is 0. The normalized spacial score (nSPS) is 15.5. The topological polar surface area (TPSA) is 117 Å². The van der Waals surface area contributed by atoms with Crippen molar-refractivity contribution in [1.29, 1.82) is 0 Å². The minimum Gasteiger partial charge on any atom is -0.444 e. The number of likely N-dealkylation sites (tertiary alicyclic amines) is 1. The van der Waals surface area contributed by atoms with Gasteiger partial charge in [0.05, 0.1) is 5.92 Å². The summed E-state index contributed by atoms with van der Waals surface area (Å²) in [6.07, 6.45) is -0.476. The van der Waals surface area contributed by atoms with Crippen molar-refractivity contribution in [1.82, 2.24) is 15.5 Å². The molecule has 0 radical (unpaired) electrons. The van der Waals surface area contributed by atoms with Gasteiger partial charge in [-0.05, 0) is 44.0 Å². The second-order valence-electron chi connectivity index (χ2n) is 9.48. The van der Waals surface area contributed by atoms with Gasteiger partial charge in [-0.25, -0.2) is 4.79 Å². The first-order chi connectivity index (χ1) is 16.6. The molecule has 0 aliphatic carbocycles. The molecule has 0 saturated carbocycles. The molecule has 35 heavy (non-hydrogen) atoms. The minimum absolute atomic E-state index is 0.0290. The predicted molar refractivity (Wildman–Crippen MR) is 131 cm³/mol. The highest BCUT2D eigenvalue weighted by atomic mass is 16.6. The number of alkyl carbamates (subject to hydrolysis) is 1. The lowest BCUT2D eigenvalue weighted by molar-refractivity contribution is -0.129. The van der Waals surface area contributed by atoms with E-state index in [4.69, 9.17) is 4.74 Å². The number of benzene rings is 2. The number of carbonyl (C=O) groups is 4. The molecule has 1 unspecified atom stereocenters. The van der Waals surface area contributed by atoms with E-state index >= 15 is 0 Å². The lowest BCUT2D eigenvalue weighted by Gasteiger charge is -2.19. The minimum atomic E-state index is -0.670. The Bertz CT molecular complexity index is 1060. The fraction of sp³-hybridized carbons (Fsp3) is 0.385. The van der Waals surface area contributed by atoms with Crippen LogP contribution in [0.5, 0.6) is 0 Å². The zero-order valence-electron chi connectivity index (χ0n) is 20.3. The Morgan fingerprint density at radius 3 is 2.43 bits per heavy atom. The molecular formula is C26H32N4O5. The van der Waals surface area contributed by atoms with E-state index in [1.54, 1.807) is 43.9 Å². The van der Waals surface area contributed by atoms with Crippen molar-refractivity contribution in [2.45, 2.75) is 45.9 Å². The summed E-state index contributed by atoms with van der Waals surface area (Å²) in [5, 5.41) is 7.99. The molecule has 4 amide bonds. The highest BCUT2D eigenvalue weighted by Crippen LogP contribution is 2.21. The van der Waals surface area contributed by atoms with Crippen LogP contribution < -0.4 is 16.0 Å². The molecule has 9 nitrogen and oxygen atoms in total. The zero-order chi connectivity index (χ0) is 25.4. The maximum Gasteiger partial charge on any atom is 0.408 e.